The van der Waals surface area contributed by atoms with Crippen LogP contribution in [-0.2, 0) is 6.42 Å². The molecule has 2 aromatic rings. The maximum atomic E-state index is 12.2. The fraction of sp³-hybridized carbons (Fsp3) is 0.333. The van der Waals surface area contributed by atoms with Gasteiger partial charge in [-0.25, -0.2) is 9.86 Å². The van der Waals surface area contributed by atoms with Crippen molar-refractivity contribution in [2.75, 3.05) is 26.2 Å². The fourth-order valence-electron chi connectivity index (χ4n) is 2.61. The van der Waals surface area contributed by atoms with E-state index < -0.39 is 6.03 Å². The van der Waals surface area contributed by atoms with Crippen LogP contribution < -0.4 is 16.4 Å². The number of amides is 3. The van der Waals surface area contributed by atoms with E-state index in [9.17, 15) is 14.8 Å². The van der Waals surface area contributed by atoms with Crippen LogP contribution in [0.1, 0.15) is 29.3 Å². The third-order valence-electron chi connectivity index (χ3n) is 4.34. The van der Waals surface area contributed by atoms with Crippen molar-refractivity contribution >= 4 is 11.9 Å². The molecule has 0 spiro atoms. The molecule has 0 atom stereocenters. The van der Waals surface area contributed by atoms with Crippen LogP contribution in [0.2, 0.25) is 0 Å². The first kappa shape index (κ1) is 21.4. The van der Waals surface area contributed by atoms with E-state index in [1.807, 2.05) is 12.1 Å². The van der Waals surface area contributed by atoms with Crippen LogP contribution in [0.3, 0.4) is 0 Å². The monoisotopic (exact) mass is 384 g/mol. The zero-order chi connectivity index (χ0) is 20.4. The smallest absolute Gasteiger partial charge is 0.341 e. The van der Waals surface area contributed by atoms with Crippen molar-refractivity contribution in [1.29, 1.82) is 0 Å². The third kappa shape index (κ3) is 6.37. The summed E-state index contributed by atoms with van der Waals surface area (Å²) in [6, 6.07) is 15.1. The van der Waals surface area contributed by atoms with Crippen LogP contribution in [0.5, 0.6) is 0 Å². The van der Waals surface area contributed by atoms with Crippen molar-refractivity contribution in [2.45, 2.75) is 19.8 Å². The Balaban J connectivity index is 1.81. The van der Waals surface area contributed by atoms with Gasteiger partial charge in [-0.2, -0.15) is 0 Å². The Labute approximate surface area is 165 Å². The predicted molar refractivity (Wildman–Crippen MR) is 109 cm³/mol. The Kier molecular flexibility index (Phi) is 8.45. The van der Waals surface area contributed by atoms with Gasteiger partial charge in [0.05, 0.1) is 6.54 Å². The summed E-state index contributed by atoms with van der Waals surface area (Å²) < 4.78 is 0. The quantitative estimate of drug-likeness (QED) is 0.302. The molecule has 3 amide bonds. The van der Waals surface area contributed by atoms with E-state index in [0.29, 0.717) is 30.1 Å². The molecule has 0 aliphatic carbocycles. The number of hydroxylamine groups is 2. The molecule has 2 rings (SSSR count). The lowest BCUT2D eigenvalue weighted by Gasteiger charge is -2.16. The average Bonchev–Trinajstić information content (AvgIpc) is 2.73. The first-order valence-corrected chi connectivity index (χ1v) is 9.47. The molecule has 2 aromatic carbocycles. The second-order valence-corrected chi connectivity index (χ2v) is 6.38. The second-order valence-electron chi connectivity index (χ2n) is 6.38. The maximum Gasteiger partial charge on any atom is 0.341 e. The second kappa shape index (κ2) is 11.1. The van der Waals surface area contributed by atoms with Crippen LogP contribution >= 0.6 is 0 Å². The minimum absolute atomic E-state index is 0.0118. The van der Waals surface area contributed by atoms with Crippen molar-refractivity contribution in [2.24, 2.45) is 5.73 Å². The molecule has 0 fully saturated rings. The van der Waals surface area contributed by atoms with E-state index in [2.05, 4.69) is 41.8 Å². The summed E-state index contributed by atoms with van der Waals surface area (Å²) in [5.41, 5.74) is 9.28. The summed E-state index contributed by atoms with van der Waals surface area (Å²) in [6.45, 7) is 3.10. The van der Waals surface area contributed by atoms with E-state index in [0.717, 1.165) is 17.5 Å². The van der Waals surface area contributed by atoms with Gasteiger partial charge in [-0.3, -0.25) is 10.0 Å². The van der Waals surface area contributed by atoms with Crippen LogP contribution in [0, 0.1) is 0 Å². The number of nitrogens with zero attached hydrogens (tertiary/aromatic N) is 1. The molecule has 0 aliphatic rings. The van der Waals surface area contributed by atoms with Gasteiger partial charge in [0.15, 0.2) is 0 Å². The first-order chi connectivity index (χ1) is 13.5. The lowest BCUT2D eigenvalue weighted by Crippen LogP contribution is -2.42. The molecule has 7 heteroatoms. The number of hydrogen-bond acceptors (Lipinski definition) is 4. The molecular formula is C21H28N4O3. The Morgan fingerprint density at radius 3 is 2.14 bits per heavy atom. The van der Waals surface area contributed by atoms with Crippen molar-refractivity contribution in [3.05, 3.63) is 59.7 Å². The third-order valence-corrected chi connectivity index (χ3v) is 4.34. The number of benzene rings is 2. The van der Waals surface area contributed by atoms with Crippen LogP contribution in [-0.4, -0.2) is 48.4 Å². The number of carbonyl (C=O) groups is 2. The Bertz CT molecular complexity index is 760. The summed E-state index contributed by atoms with van der Waals surface area (Å²) in [5, 5.41) is 15.4. The van der Waals surface area contributed by atoms with Gasteiger partial charge in [0.2, 0.25) is 0 Å². The van der Waals surface area contributed by atoms with Crippen molar-refractivity contribution in [3.8, 4) is 11.1 Å². The predicted octanol–water partition coefficient (Wildman–Crippen LogP) is 2.40. The van der Waals surface area contributed by atoms with Gasteiger partial charge in [-0.05, 0) is 48.2 Å². The SMILES string of the molecule is CCc1ccc(-c2ccc(C(=O)NCCN(O)C(=O)NCCCN)cc2)cc1. The topological polar surface area (TPSA) is 108 Å². The molecule has 5 N–H and O–H groups in total. The number of nitrogens with one attached hydrogen (secondary N) is 2. The van der Waals surface area contributed by atoms with Crippen molar-refractivity contribution < 1.29 is 14.8 Å². The normalized spacial score (nSPS) is 10.4. The Morgan fingerprint density at radius 2 is 1.57 bits per heavy atom. The molecule has 0 saturated carbocycles. The van der Waals surface area contributed by atoms with Crippen LogP contribution in [0.25, 0.3) is 11.1 Å². The molecule has 0 aliphatic heterocycles. The highest BCUT2D eigenvalue weighted by Gasteiger charge is 2.11. The van der Waals surface area contributed by atoms with Gasteiger partial charge >= 0.3 is 6.03 Å². The molecule has 0 saturated heterocycles. The van der Waals surface area contributed by atoms with Crippen LogP contribution in [0.4, 0.5) is 4.79 Å². The molecule has 0 unspecified atom stereocenters. The zero-order valence-electron chi connectivity index (χ0n) is 16.1. The highest BCUT2D eigenvalue weighted by Crippen LogP contribution is 2.20. The van der Waals surface area contributed by atoms with E-state index in [-0.39, 0.29) is 19.0 Å². The summed E-state index contributed by atoms with van der Waals surface area (Å²) in [7, 11) is 0. The van der Waals surface area contributed by atoms with Gasteiger partial charge in [-0.15, -0.1) is 0 Å². The van der Waals surface area contributed by atoms with E-state index in [4.69, 9.17) is 5.73 Å². The number of hydrogen-bond donors (Lipinski definition) is 4. The molecule has 0 radical (unpaired) electrons. The molecule has 150 valence electrons. The fourth-order valence-corrected chi connectivity index (χ4v) is 2.61. The summed E-state index contributed by atoms with van der Waals surface area (Å²) >= 11 is 0. The Hall–Kier alpha value is -2.90. The van der Waals surface area contributed by atoms with Crippen molar-refractivity contribution in [1.82, 2.24) is 15.7 Å². The van der Waals surface area contributed by atoms with Crippen LogP contribution in [0.15, 0.2) is 48.5 Å². The van der Waals surface area contributed by atoms with Gasteiger partial charge in [0, 0.05) is 18.7 Å². The molecule has 28 heavy (non-hydrogen) atoms. The van der Waals surface area contributed by atoms with Gasteiger partial charge in [-0.1, -0.05) is 43.3 Å². The van der Waals surface area contributed by atoms with E-state index in [1.165, 1.54) is 5.56 Å². The number of aryl methyl sites for hydroxylation is 1. The number of rotatable bonds is 9. The maximum absolute atomic E-state index is 12.2. The summed E-state index contributed by atoms with van der Waals surface area (Å²) in [4.78, 5) is 23.8. The lowest BCUT2D eigenvalue weighted by atomic mass is 10.0. The lowest BCUT2D eigenvalue weighted by molar-refractivity contribution is -0.0413. The minimum Gasteiger partial charge on any atom is -0.350 e. The summed E-state index contributed by atoms with van der Waals surface area (Å²) in [5.74, 6) is -0.259. The molecule has 0 heterocycles. The first-order valence-electron chi connectivity index (χ1n) is 9.47. The molecule has 0 aromatic heterocycles. The standard InChI is InChI=1S/C21H28N4O3/c1-2-16-4-6-17(7-5-16)18-8-10-19(11-9-18)20(26)23-14-15-25(28)21(27)24-13-3-12-22/h4-11,28H,2-3,12-15,22H2,1H3,(H,23,26)(H,24,27). The molecular weight excluding hydrogens is 356 g/mol. The van der Waals surface area contributed by atoms with E-state index in [1.54, 1.807) is 12.1 Å². The largest absolute Gasteiger partial charge is 0.350 e. The Morgan fingerprint density at radius 1 is 0.964 bits per heavy atom. The van der Waals surface area contributed by atoms with Crippen molar-refractivity contribution in [3.63, 3.8) is 0 Å². The molecule has 7 nitrogen and oxygen atoms in total. The van der Waals surface area contributed by atoms with Gasteiger partial charge in [0.25, 0.3) is 5.91 Å². The number of carbonyl (C=O) groups excluding carboxylic acids is 2. The number of urea groups is 1. The van der Waals surface area contributed by atoms with Gasteiger partial charge < -0.3 is 16.4 Å². The highest BCUT2D eigenvalue weighted by atomic mass is 16.5. The zero-order valence-corrected chi connectivity index (χ0v) is 16.1. The minimum atomic E-state index is -0.610. The van der Waals surface area contributed by atoms with E-state index >= 15 is 0 Å². The molecule has 0 bridgehead atoms. The average molecular weight is 384 g/mol. The van der Waals surface area contributed by atoms with Gasteiger partial charge in [0.1, 0.15) is 0 Å². The summed E-state index contributed by atoms with van der Waals surface area (Å²) in [6.07, 6.45) is 1.63. The number of nitrogens with two attached hydrogens (primary N) is 1. The highest BCUT2D eigenvalue weighted by molar-refractivity contribution is 5.94.